The summed E-state index contributed by atoms with van der Waals surface area (Å²) < 4.78 is 5.12. The maximum Gasteiger partial charge on any atom is 0.323 e. The highest BCUT2D eigenvalue weighted by atomic mass is 32.1. The van der Waals surface area contributed by atoms with Gasteiger partial charge in [0.15, 0.2) is 0 Å². The first-order valence-corrected chi connectivity index (χ1v) is 10.3. The van der Waals surface area contributed by atoms with Crippen molar-refractivity contribution < 1.29 is 14.3 Å². The zero-order chi connectivity index (χ0) is 20.5. The third kappa shape index (κ3) is 6.38. The molecule has 0 aliphatic carbocycles. The molecule has 0 saturated heterocycles. The number of carbonyl (C=O) groups is 2. The van der Waals surface area contributed by atoms with Gasteiger partial charge in [-0.05, 0) is 39.3 Å². The Morgan fingerprint density at radius 2 is 1.93 bits per heavy atom. The van der Waals surface area contributed by atoms with Gasteiger partial charge in [0.05, 0.1) is 13.2 Å². The Morgan fingerprint density at radius 3 is 2.57 bits per heavy atom. The average molecular weight is 405 g/mol. The maximum absolute atomic E-state index is 12.3. The number of esters is 1. The van der Waals surface area contributed by atoms with Crippen LogP contribution in [0.3, 0.4) is 0 Å². The fourth-order valence-corrected chi connectivity index (χ4v) is 3.44. The summed E-state index contributed by atoms with van der Waals surface area (Å²) in [5.41, 5.74) is 2.21. The topological polar surface area (TPSA) is 84.4 Å². The van der Waals surface area contributed by atoms with E-state index in [2.05, 4.69) is 22.4 Å². The number of nitrogens with zero attached hydrogens (tertiary/aromatic N) is 3. The minimum absolute atomic E-state index is 0.246. The highest BCUT2D eigenvalue weighted by Gasteiger charge is 2.24. The summed E-state index contributed by atoms with van der Waals surface area (Å²) in [7, 11) is 0. The van der Waals surface area contributed by atoms with Crippen molar-refractivity contribution in [3.05, 3.63) is 45.4 Å². The first-order chi connectivity index (χ1) is 13.4. The Balaban J connectivity index is 1.95. The Labute approximate surface area is 170 Å². The summed E-state index contributed by atoms with van der Waals surface area (Å²) in [5.74, 6) is -0.499. The molecule has 152 valence electrons. The van der Waals surface area contributed by atoms with Crippen molar-refractivity contribution in [3.63, 3.8) is 0 Å². The number of carbonyl (C=O) groups excluding carboxylic acids is 2. The highest BCUT2D eigenvalue weighted by Crippen LogP contribution is 2.15. The molecule has 1 amide bonds. The second kappa shape index (κ2) is 10.9. The molecule has 1 aromatic heterocycles. The van der Waals surface area contributed by atoms with Crippen molar-refractivity contribution in [2.75, 3.05) is 13.2 Å². The maximum atomic E-state index is 12.3. The highest BCUT2D eigenvalue weighted by molar-refractivity contribution is 7.13. The Kier molecular flexibility index (Phi) is 8.53. The first kappa shape index (κ1) is 22.0. The molecule has 0 fully saturated rings. The molecule has 0 spiro atoms. The van der Waals surface area contributed by atoms with Crippen LogP contribution in [0.1, 0.15) is 53.1 Å². The lowest BCUT2D eigenvalue weighted by molar-refractivity contribution is -0.149. The average Bonchev–Trinajstić information content (AvgIpc) is 3.15. The fourth-order valence-electron chi connectivity index (χ4n) is 2.66. The summed E-state index contributed by atoms with van der Waals surface area (Å²) >= 11 is 1.25. The SMILES string of the molecule is CCCN(Cc1nnc(C(=O)NCc2ccc(C)cc2)s1)C(C)C(=O)OCC. The van der Waals surface area contributed by atoms with Gasteiger partial charge in [-0.2, -0.15) is 0 Å². The van der Waals surface area contributed by atoms with Crippen LogP contribution in [0.5, 0.6) is 0 Å². The Hall–Kier alpha value is -2.32. The summed E-state index contributed by atoms with van der Waals surface area (Å²) in [4.78, 5) is 26.4. The lowest BCUT2D eigenvalue weighted by Crippen LogP contribution is -2.40. The fraction of sp³-hybridized carbons (Fsp3) is 0.500. The van der Waals surface area contributed by atoms with Gasteiger partial charge in [0.2, 0.25) is 5.01 Å². The molecule has 0 bridgehead atoms. The van der Waals surface area contributed by atoms with Gasteiger partial charge in [0, 0.05) is 6.54 Å². The van der Waals surface area contributed by atoms with E-state index in [-0.39, 0.29) is 17.9 Å². The van der Waals surface area contributed by atoms with E-state index in [1.807, 2.05) is 43.0 Å². The summed E-state index contributed by atoms with van der Waals surface area (Å²) in [6.45, 7) is 9.67. The van der Waals surface area contributed by atoms with Crippen molar-refractivity contribution in [2.45, 2.75) is 53.2 Å². The van der Waals surface area contributed by atoms with Gasteiger partial charge in [-0.1, -0.05) is 48.1 Å². The number of amides is 1. The standard InChI is InChI=1S/C20H28N4O3S/c1-5-11-24(15(4)20(26)27-6-2)13-17-22-23-19(28-17)18(25)21-12-16-9-7-14(3)8-10-16/h7-10,15H,5-6,11-13H2,1-4H3,(H,21,25). The number of nitrogens with one attached hydrogen (secondary N) is 1. The normalized spacial score (nSPS) is 12.0. The zero-order valence-corrected chi connectivity index (χ0v) is 17.7. The number of aryl methyl sites for hydroxylation is 1. The zero-order valence-electron chi connectivity index (χ0n) is 16.9. The van der Waals surface area contributed by atoms with Crippen LogP contribution in [-0.4, -0.2) is 46.2 Å². The van der Waals surface area contributed by atoms with E-state index in [1.165, 1.54) is 16.9 Å². The van der Waals surface area contributed by atoms with E-state index >= 15 is 0 Å². The van der Waals surface area contributed by atoms with E-state index in [0.29, 0.717) is 29.7 Å². The molecule has 8 heteroatoms. The van der Waals surface area contributed by atoms with Gasteiger partial charge in [0.25, 0.3) is 5.91 Å². The van der Waals surface area contributed by atoms with E-state index in [4.69, 9.17) is 4.74 Å². The molecule has 28 heavy (non-hydrogen) atoms. The van der Waals surface area contributed by atoms with Crippen LogP contribution in [0, 0.1) is 6.92 Å². The van der Waals surface area contributed by atoms with Gasteiger partial charge >= 0.3 is 5.97 Å². The molecule has 2 aromatic rings. The molecule has 2 rings (SSSR count). The van der Waals surface area contributed by atoms with Crippen LogP contribution in [0.25, 0.3) is 0 Å². The van der Waals surface area contributed by atoms with Crippen molar-refractivity contribution >= 4 is 23.2 Å². The lowest BCUT2D eigenvalue weighted by Gasteiger charge is -2.25. The largest absolute Gasteiger partial charge is 0.465 e. The minimum Gasteiger partial charge on any atom is -0.465 e. The van der Waals surface area contributed by atoms with Gasteiger partial charge in [0.1, 0.15) is 11.0 Å². The number of hydrogen-bond donors (Lipinski definition) is 1. The quantitative estimate of drug-likeness (QED) is 0.613. The molecule has 1 unspecified atom stereocenters. The number of ether oxygens (including phenoxy) is 1. The summed E-state index contributed by atoms with van der Waals surface area (Å²) in [5, 5.41) is 12.0. The van der Waals surface area contributed by atoms with Crippen molar-refractivity contribution in [3.8, 4) is 0 Å². The predicted molar refractivity (Wildman–Crippen MR) is 109 cm³/mol. The van der Waals surface area contributed by atoms with Gasteiger partial charge in [-0.15, -0.1) is 10.2 Å². The van der Waals surface area contributed by atoms with E-state index < -0.39 is 0 Å². The van der Waals surface area contributed by atoms with Crippen molar-refractivity contribution in [1.29, 1.82) is 0 Å². The van der Waals surface area contributed by atoms with Crippen LogP contribution < -0.4 is 5.32 Å². The summed E-state index contributed by atoms with van der Waals surface area (Å²) in [6, 6.07) is 7.62. The molecule has 1 N–H and O–H groups in total. The molecule has 0 aliphatic heterocycles. The first-order valence-electron chi connectivity index (χ1n) is 9.51. The van der Waals surface area contributed by atoms with Gasteiger partial charge in [-0.25, -0.2) is 0 Å². The lowest BCUT2D eigenvalue weighted by atomic mass is 10.1. The van der Waals surface area contributed by atoms with Gasteiger partial charge in [-0.3, -0.25) is 14.5 Å². The van der Waals surface area contributed by atoms with Crippen LogP contribution in [-0.2, 0) is 22.6 Å². The molecule has 1 heterocycles. The molecular formula is C20H28N4O3S. The number of benzene rings is 1. The van der Waals surface area contributed by atoms with E-state index in [0.717, 1.165) is 18.5 Å². The monoisotopic (exact) mass is 404 g/mol. The van der Waals surface area contributed by atoms with Crippen LogP contribution in [0.2, 0.25) is 0 Å². The molecule has 0 radical (unpaired) electrons. The smallest absolute Gasteiger partial charge is 0.323 e. The van der Waals surface area contributed by atoms with Crippen LogP contribution in [0.4, 0.5) is 0 Å². The molecule has 1 aromatic carbocycles. The van der Waals surface area contributed by atoms with Crippen LogP contribution >= 0.6 is 11.3 Å². The van der Waals surface area contributed by atoms with Crippen molar-refractivity contribution in [1.82, 2.24) is 20.4 Å². The molecule has 0 saturated carbocycles. The molecular weight excluding hydrogens is 376 g/mol. The molecule has 7 nitrogen and oxygen atoms in total. The number of hydrogen-bond acceptors (Lipinski definition) is 7. The van der Waals surface area contributed by atoms with Crippen molar-refractivity contribution in [2.24, 2.45) is 0 Å². The Morgan fingerprint density at radius 1 is 1.21 bits per heavy atom. The minimum atomic E-state index is -0.373. The predicted octanol–water partition coefficient (Wildman–Crippen LogP) is 2.94. The second-order valence-electron chi connectivity index (χ2n) is 6.57. The third-order valence-electron chi connectivity index (χ3n) is 4.26. The van der Waals surface area contributed by atoms with Gasteiger partial charge < -0.3 is 10.1 Å². The third-order valence-corrected chi connectivity index (χ3v) is 5.17. The number of aromatic nitrogens is 2. The Bertz CT molecular complexity index is 776. The second-order valence-corrected chi connectivity index (χ2v) is 7.63. The van der Waals surface area contributed by atoms with Crippen LogP contribution in [0.15, 0.2) is 24.3 Å². The van der Waals surface area contributed by atoms with E-state index in [1.54, 1.807) is 6.92 Å². The van der Waals surface area contributed by atoms with E-state index in [9.17, 15) is 9.59 Å². The summed E-state index contributed by atoms with van der Waals surface area (Å²) in [6.07, 6.45) is 0.895. The molecule has 0 aliphatic rings. The number of rotatable bonds is 10. The molecule has 1 atom stereocenters.